The fourth-order valence-electron chi connectivity index (χ4n) is 0.792. The first-order valence-corrected chi connectivity index (χ1v) is 4.30. The highest BCUT2D eigenvalue weighted by molar-refractivity contribution is 5.25. The SMILES string of the molecule is C=CCCOc1nc(NN)nc(OC)n1. The average Bonchev–Trinajstić information content (AvgIpc) is 2.29. The molecular weight excluding hydrogens is 198 g/mol. The fourth-order valence-corrected chi connectivity index (χ4v) is 0.792. The Bertz CT molecular complexity index is 309. The second-order valence-corrected chi connectivity index (χ2v) is 2.50. The second-order valence-electron chi connectivity index (χ2n) is 2.50. The van der Waals surface area contributed by atoms with Gasteiger partial charge in [-0.2, -0.15) is 9.97 Å². The van der Waals surface area contributed by atoms with Gasteiger partial charge in [0, 0.05) is 0 Å². The van der Waals surface area contributed by atoms with Crippen molar-refractivity contribution in [1.29, 1.82) is 0 Å². The van der Waals surface area contributed by atoms with Crippen LogP contribution in [0.4, 0.5) is 5.95 Å². The van der Waals surface area contributed by atoms with Gasteiger partial charge in [0.15, 0.2) is 0 Å². The van der Waals surface area contributed by atoms with Gasteiger partial charge in [0.25, 0.3) is 0 Å². The van der Waals surface area contributed by atoms with Crippen molar-refractivity contribution in [2.45, 2.75) is 6.42 Å². The third kappa shape index (κ3) is 3.39. The summed E-state index contributed by atoms with van der Waals surface area (Å²) in [5.41, 5.74) is 2.29. The van der Waals surface area contributed by atoms with Crippen molar-refractivity contribution in [3.05, 3.63) is 12.7 Å². The average molecular weight is 211 g/mol. The summed E-state index contributed by atoms with van der Waals surface area (Å²) < 4.78 is 10.1. The molecule has 1 aromatic rings. The van der Waals surface area contributed by atoms with Crippen LogP contribution in [0.15, 0.2) is 12.7 Å². The van der Waals surface area contributed by atoms with E-state index in [1.54, 1.807) is 6.08 Å². The molecule has 82 valence electrons. The van der Waals surface area contributed by atoms with Gasteiger partial charge in [0.2, 0.25) is 5.95 Å². The Hall–Kier alpha value is -1.89. The molecule has 0 aliphatic carbocycles. The molecule has 0 saturated carbocycles. The third-order valence-electron chi connectivity index (χ3n) is 1.46. The number of methoxy groups -OCH3 is 1. The molecule has 0 aromatic carbocycles. The number of nitrogens with zero attached hydrogens (tertiary/aromatic N) is 3. The quantitative estimate of drug-likeness (QED) is 0.298. The molecule has 7 heteroatoms. The van der Waals surface area contributed by atoms with E-state index in [1.165, 1.54) is 7.11 Å². The first-order valence-electron chi connectivity index (χ1n) is 4.30. The Labute approximate surface area is 87.3 Å². The van der Waals surface area contributed by atoms with Crippen molar-refractivity contribution >= 4 is 5.95 Å². The number of nitrogens with one attached hydrogen (secondary N) is 1. The monoisotopic (exact) mass is 211 g/mol. The molecule has 1 heterocycles. The van der Waals surface area contributed by atoms with Crippen molar-refractivity contribution in [3.8, 4) is 12.0 Å². The molecule has 0 aliphatic heterocycles. The molecule has 0 saturated heterocycles. The Balaban J connectivity index is 2.72. The summed E-state index contributed by atoms with van der Waals surface area (Å²) in [5, 5.41) is 0. The minimum absolute atomic E-state index is 0.145. The van der Waals surface area contributed by atoms with E-state index in [2.05, 4.69) is 27.0 Å². The summed E-state index contributed by atoms with van der Waals surface area (Å²) in [6.45, 7) is 4.01. The molecule has 1 rings (SSSR count). The van der Waals surface area contributed by atoms with E-state index in [9.17, 15) is 0 Å². The van der Waals surface area contributed by atoms with Gasteiger partial charge >= 0.3 is 12.0 Å². The van der Waals surface area contributed by atoms with Crippen LogP contribution < -0.4 is 20.7 Å². The van der Waals surface area contributed by atoms with E-state index in [-0.39, 0.29) is 18.0 Å². The van der Waals surface area contributed by atoms with E-state index in [1.807, 2.05) is 0 Å². The fraction of sp³-hybridized carbons (Fsp3) is 0.375. The topological polar surface area (TPSA) is 95.2 Å². The predicted octanol–water partition coefficient (Wildman–Crippen LogP) is 0.121. The molecule has 7 nitrogen and oxygen atoms in total. The summed E-state index contributed by atoms with van der Waals surface area (Å²) in [7, 11) is 1.45. The minimum atomic E-state index is 0.145. The lowest BCUT2D eigenvalue weighted by Crippen LogP contribution is -2.13. The Morgan fingerprint density at radius 1 is 1.40 bits per heavy atom. The zero-order chi connectivity index (χ0) is 11.1. The molecule has 0 atom stereocenters. The highest BCUT2D eigenvalue weighted by atomic mass is 16.5. The number of anilines is 1. The van der Waals surface area contributed by atoms with E-state index >= 15 is 0 Å². The zero-order valence-electron chi connectivity index (χ0n) is 8.43. The molecule has 3 N–H and O–H groups in total. The predicted molar refractivity (Wildman–Crippen MR) is 54.5 cm³/mol. The maximum atomic E-state index is 5.22. The summed E-state index contributed by atoms with van der Waals surface area (Å²) in [6.07, 6.45) is 2.44. The second kappa shape index (κ2) is 5.76. The van der Waals surface area contributed by atoms with E-state index < -0.39 is 0 Å². The number of hydrazine groups is 1. The summed E-state index contributed by atoms with van der Waals surface area (Å²) in [5.74, 6) is 5.36. The van der Waals surface area contributed by atoms with Gasteiger partial charge in [-0.25, -0.2) is 5.84 Å². The smallest absolute Gasteiger partial charge is 0.324 e. The van der Waals surface area contributed by atoms with Crippen LogP contribution in [0.5, 0.6) is 12.0 Å². The highest BCUT2D eigenvalue weighted by Crippen LogP contribution is 2.11. The van der Waals surface area contributed by atoms with Crippen LogP contribution >= 0.6 is 0 Å². The minimum Gasteiger partial charge on any atom is -0.467 e. The van der Waals surface area contributed by atoms with Crippen LogP contribution in [-0.4, -0.2) is 28.7 Å². The van der Waals surface area contributed by atoms with Crippen LogP contribution in [0.25, 0.3) is 0 Å². The van der Waals surface area contributed by atoms with Crippen molar-refractivity contribution in [3.63, 3.8) is 0 Å². The van der Waals surface area contributed by atoms with Gasteiger partial charge in [-0.1, -0.05) is 6.08 Å². The van der Waals surface area contributed by atoms with Crippen LogP contribution in [0.3, 0.4) is 0 Å². The van der Waals surface area contributed by atoms with Gasteiger partial charge in [0.05, 0.1) is 13.7 Å². The molecule has 0 amide bonds. The first kappa shape index (κ1) is 11.2. The molecule has 1 aromatic heterocycles. The molecule has 0 unspecified atom stereocenters. The lowest BCUT2D eigenvalue weighted by Gasteiger charge is -2.05. The highest BCUT2D eigenvalue weighted by Gasteiger charge is 2.06. The molecule has 0 fully saturated rings. The summed E-state index contributed by atoms with van der Waals surface area (Å²) in [4.78, 5) is 11.6. The first-order chi connectivity index (χ1) is 7.30. The van der Waals surface area contributed by atoms with E-state index in [0.717, 1.165) is 0 Å². The van der Waals surface area contributed by atoms with Gasteiger partial charge in [-0.3, -0.25) is 5.43 Å². The number of ether oxygens (including phenoxy) is 2. The number of hydrogen-bond acceptors (Lipinski definition) is 7. The van der Waals surface area contributed by atoms with Crippen LogP contribution in [0.2, 0.25) is 0 Å². The number of aromatic nitrogens is 3. The van der Waals surface area contributed by atoms with Gasteiger partial charge in [-0.05, 0) is 6.42 Å². The van der Waals surface area contributed by atoms with E-state index in [0.29, 0.717) is 13.0 Å². The van der Waals surface area contributed by atoms with Crippen molar-refractivity contribution in [1.82, 2.24) is 15.0 Å². The van der Waals surface area contributed by atoms with Crippen LogP contribution in [0, 0.1) is 0 Å². The molecule has 0 spiro atoms. The molecule has 0 radical (unpaired) electrons. The standard InChI is InChI=1S/C8H13N5O2/c1-3-4-5-15-8-11-6(13-9)10-7(12-8)14-2/h3H,1,4-5,9H2,2H3,(H,10,11,12,13). The Kier molecular flexibility index (Phi) is 4.30. The van der Waals surface area contributed by atoms with Crippen LogP contribution in [0.1, 0.15) is 6.42 Å². The van der Waals surface area contributed by atoms with Crippen molar-refractivity contribution < 1.29 is 9.47 Å². The number of hydrogen-bond donors (Lipinski definition) is 2. The Morgan fingerprint density at radius 2 is 2.13 bits per heavy atom. The van der Waals surface area contributed by atoms with Gasteiger partial charge in [-0.15, -0.1) is 11.6 Å². The number of nitrogen functional groups attached to an aromatic ring is 1. The van der Waals surface area contributed by atoms with Crippen LogP contribution in [-0.2, 0) is 0 Å². The molecule has 0 aliphatic rings. The zero-order valence-corrected chi connectivity index (χ0v) is 8.43. The largest absolute Gasteiger partial charge is 0.467 e. The Morgan fingerprint density at radius 3 is 2.73 bits per heavy atom. The molecule has 15 heavy (non-hydrogen) atoms. The van der Waals surface area contributed by atoms with E-state index in [4.69, 9.17) is 15.3 Å². The summed E-state index contributed by atoms with van der Waals surface area (Å²) >= 11 is 0. The maximum Gasteiger partial charge on any atom is 0.324 e. The normalized spacial score (nSPS) is 9.47. The number of rotatable bonds is 6. The van der Waals surface area contributed by atoms with Gasteiger partial charge in [0.1, 0.15) is 0 Å². The molecule has 0 bridgehead atoms. The lowest BCUT2D eigenvalue weighted by atomic mass is 10.5. The third-order valence-corrected chi connectivity index (χ3v) is 1.46. The maximum absolute atomic E-state index is 5.22. The number of nitrogens with two attached hydrogens (primary N) is 1. The van der Waals surface area contributed by atoms with Gasteiger partial charge < -0.3 is 9.47 Å². The van der Waals surface area contributed by atoms with Crippen molar-refractivity contribution in [2.75, 3.05) is 19.1 Å². The summed E-state index contributed by atoms with van der Waals surface area (Å²) in [6, 6.07) is 0.309. The van der Waals surface area contributed by atoms with Crippen molar-refractivity contribution in [2.24, 2.45) is 5.84 Å². The lowest BCUT2D eigenvalue weighted by molar-refractivity contribution is 0.287. The molecular formula is C8H13N5O2.